The van der Waals surface area contributed by atoms with Crippen LogP contribution in [0.2, 0.25) is 0 Å². The minimum atomic E-state index is -0.589. The van der Waals surface area contributed by atoms with Crippen LogP contribution in [-0.4, -0.2) is 16.9 Å². The summed E-state index contributed by atoms with van der Waals surface area (Å²) in [7, 11) is 0. The van der Waals surface area contributed by atoms with E-state index in [1.807, 2.05) is 6.92 Å². The summed E-state index contributed by atoms with van der Waals surface area (Å²) in [6.07, 6.45) is 1.90. The number of anilines is 1. The van der Waals surface area contributed by atoms with Crippen LogP contribution in [0.25, 0.3) is 0 Å². The smallest absolute Gasteiger partial charge is 0.292 e. The van der Waals surface area contributed by atoms with E-state index < -0.39 is 4.92 Å². The van der Waals surface area contributed by atoms with Crippen LogP contribution >= 0.6 is 0 Å². The van der Waals surface area contributed by atoms with E-state index in [1.165, 1.54) is 18.2 Å². The molecule has 6 heteroatoms. The first-order valence-electron chi connectivity index (χ1n) is 6.70. The van der Waals surface area contributed by atoms with E-state index in [4.69, 9.17) is 5.73 Å². The normalized spacial score (nSPS) is 13.6. The Hall–Kier alpha value is -2.11. The van der Waals surface area contributed by atoms with E-state index in [0.717, 1.165) is 12.8 Å². The van der Waals surface area contributed by atoms with Gasteiger partial charge in [0, 0.05) is 12.1 Å². The number of carbonyl (C=O) groups is 1. The Bertz CT molecular complexity index is 502. The number of hydrogen-bond acceptors (Lipinski definition) is 4. The molecule has 1 rings (SSSR count). The molecule has 1 aromatic rings. The fourth-order valence-electron chi connectivity index (χ4n) is 2.04. The molecule has 0 saturated heterocycles. The molecule has 0 bridgehead atoms. The number of nitrogens with zero attached hydrogens (tertiary/aromatic N) is 1. The second kappa shape index (κ2) is 6.88. The number of carbonyl (C=O) groups excluding carboxylic acids is 1. The molecule has 2 atom stereocenters. The van der Waals surface area contributed by atoms with Crippen molar-refractivity contribution < 1.29 is 9.72 Å². The molecule has 20 heavy (non-hydrogen) atoms. The van der Waals surface area contributed by atoms with Crippen LogP contribution in [-0.2, 0) is 0 Å². The highest BCUT2D eigenvalue weighted by molar-refractivity contribution is 6.01. The molecule has 1 aromatic carbocycles. The van der Waals surface area contributed by atoms with Crippen molar-refractivity contribution >= 4 is 17.3 Å². The van der Waals surface area contributed by atoms with Gasteiger partial charge in [0.15, 0.2) is 0 Å². The lowest BCUT2D eigenvalue weighted by Gasteiger charge is -2.18. The number of nitro groups is 1. The van der Waals surface area contributed by atoms with Gasteiger partial charge >= 0.3 is 0 Å². The molecule has 0 spiro atoms. The zero-order chi connectivity index (χ0) is 15.3. The van der Waals surface area contributed by atoms with Crippen molar-refractivity contribution in [2.45, 2.75) is 39.7 Å². The highest BCUT2D eigenvalue weighted by atomic mass is 16.6. The van der Waals surface area contributed by atoms with E-state index in [9.17, 15) is 14.9 Å². The topological polar surface area (TPSA) is 98.3 Å². The van der Waals surface area contributed by atoms with Crippen LogP contribution < -0.4 is 11.1 Å². The van der Waals surface area contributed by atoms with Gasteiger partial charge in [0.25, 0.3) is 11.6 Å². The Morgan fingerprint density at radius 3 is 2.65 bits per heavy atom. The van der Waals surface area contributed by atoms with Crippen LogP contribution in [0, 0.1) is 16.0 Å². The van der Waals surface area contributed by atoms with Crippen molar-refractivity contribution in [2.24, 2.45) is 5.92 Å². The number of benzene rings is 1. The predicted molar refractivity (Wildman–Crippen MR) is 78.5 cm³/mol. The maximum atomic E-state index is 12.1. The fraction of sp³-hybridized carbons (Fsp3) is 0.500. The van der Waals surface area contributed by atoms with Gasteiger partial charge in [-0.1, -0.05) is 26.3 Å². The molecular weight excluding hydrogens is 258 g/mol. The van der Waals surface area contributed by atoms with Gasteiger partial charge in [0.2, 0.25) is 0 Å². The van der Waals surface area contributed by atoms with Gasteiger partial charge in [0.05, 0.1) is 10.5 Å². The Morgan fingerprint density at radius 1 is 1.45 bits per heavy atom. The number of nitrogen functional groups attached to an aromatic ring is 1. The summed E-state index contributed by atoms with van der Waals surface area (Å²) in [5.74, 6) is 0.134. The lowest BCUT2D eigenvalue weighted by atomic mass is 10.00. The quantitative estimate of drug-likeness (QED) is 0.475. The molecule has 0 radical (unpaired) electrons. The maximum Gasteiger partial charge on any atom is 0.292 e. The zero-order valence-corrected chi connectivity index (χ0v) is 12.1. The summed E-state index contributed by atoms with van der Waals surface area (Å²) in [6, 6.07) is 4.24. The van der Waals surface area contributed by atoms with Crippen molar-refractivity contribution in [3.05, 3.63) is 33.9 Å². The van der Waals surface area contributed by atoms with Gasteiger partial charge in [-0.25, -0.2) is 0 Å². The Labute approximate surface area is 118 Å². The summed E-state index contributed by atoms with van der Waals surface area (Å²) in [4.78, 5) is 22.3. The van der Waals surface area contributed by atoms with E-state index in [2.05, 4.69) is 19.2 Å². The second-order valence-electron chi connectivity index (χ2n) is 5.12. The van der Waals surface area contributed by atoms with Crippen molar-refractivity contribution in [3.63, 3.8) is 0 Å². The monoisotopic (exact) mass is 279 g/mol. The molecule has 0 fully saturated rings. The third kappa shape index (κ3) is 3.94. The lowest BCUT2D eigenvalue weighted by Crippen LogP contribution is -2.34. The number of hydrogen-bond donors (Lipinski definition) is 2. The largest absolute Gasteiger partial charge is 0.393 e. The average molecular weight is 279 g/mol. The summed E-state index contributed by atoms with van der Waals surface area (Å²) in [5, 5.41) is 13.6. The summed E-state index contributed by atoms with van der Waals surface area (Å²) >= 11 is 0. The third-order valence-electron chi connectivity index (χ3n) is 3.35. The molecule has 0 saturated carbocycles. The minimum absolute atomic E-state index is 0.00360. The van der Waals surface area contributed by atoms with Crippen LogP contribution in [0.15, 0.2) is 18.2 Å². The van der Waals surface area contributed by atoms with Gasteiger partial charge in [0.1, 0.15) is 5.69 Å². The van der Waals surface area contributed by atoms with Crippen molar-refractivity contribution in [3.8, 4) is 0 Å². The van der Waals surface area contributed by atoms with Crippen molar-refractivity contribution in [1.82, 2.24) is 5.32 Å². The molecule has 0 heterocycles. The highest BCUT2D eigenvalue weighted by Gasteiger charge is 2.20. The molecule has 0 aromatic heterocycles. The molecule has 110 valence electrons. The summed E-state index contributed by atoms with van der Waals surface area (Å²) in [5.41, 5.74) is 5.50. The van der Waals surface area contributed by atoms with Crippen molar-refractivity contribution in [2.75, 3.05) is 5.73 Å². The second-order valence-corrected chi connectivity index (χ2v) is 5.12. The summed E-state index contributed by atoms with van der Waals surface area (Å²) < 4.78 is 0. The number of para-hydroxylation sites is 1. The van der Waals surface area contributed by atoms with E-state index in [0.29, 0.717) is 5.92 Å². The Balaban J connectivity index is 2.83. The van der Waals surface area contributed by atoms with Gasteiger partial charge in [-0.05, 0) is 25.3 Å². The van der Waals surface area contributed by atoms with Crippen LogP contribution in [0.3, 0.4) is 0 Å². The number of nitrogens with two attached hydrogens (primary N) is 1. The minimum Gasteiger partial charge on any atom is -0.393 e. The summed E-state index contributed by atoms with van der Waals surface area (Å²) in [6.45, 7) is 6.12. The first-order chi connectivity index (χ1) is 9.36. The van der Waals surface area contributed by atoms with Gasteiger partial charge in [-0.15, -0.1) is 0 Å². The van der Waals surface area contributed by atoms with Crippen LogP contribution in [0.5, 0.6) is 0 Å². The first kappa shape index (κ1) is 15.9. The molecule has 0 aliphatic rings. The number of amides is 1. The number of nitro benzene ring substituents is 1. The fourth-order valence-corrected chi connectivity index (χ4v) is 2.04. The van der Waals surface area contributed by atoms with E-state index in [1.54, 1.807) is 0 Å². The van der Waals surface area contributed by atoms with Crippen LogP contribution in [0.1, 0.15) is 44.0 Å². The molecule has 0 aliphatic carbocycles. The average Bonchev–Trinajstić information content (AvgIpc) is 2.37. The molecule has 2 unspecified atom stereocenters. The van der Waals surface area contributed by atoms with Gasteiger partial charge < -0.3 is 11.1 Å². The molecule has 0 aliphatic heterocycles. The SMILES string of the molecule is CCC(C)CC(C)NC(=O)c1cccc([N+](=O)[O-])c1N. The van der Waals surface area contributed by atoms with Gasteiger partial charge in [-0.2, -0.15) is 0 Å². The number of rotatable bonds is 6. The predicted octanol–water partition coefficient (Wildman–Crippen LogP) is 2.73. The Kier molecular flexibility index (Phi) is 5.49. The number of nitrogens with one attached hydrogen (secondary N) is 1. The van der Waals surface area contributed by atoms with Crippen LogP contribution in [0.4, 0.5) is 11.4 Å². The molecule has 6 nitrogen and oxygen atoms in total. The van der Waals surface area contributed by atoms with Gasteiger partial charge in [-0.3, -0.25) is 14.9 Å². The highest BCUT2D eigenvalue weighted by Crippen LogP contribution is 2.24. The maximum absolute atomic E-state index is 12.1. The molecule has 1 amide bonds. The van der Waals surface area contributed by atoms with Crippen molar-refractivity contribution in [1.29, 1.82) is 0 Å². The van der Waals surface area contributed by atoms with E-state index >= 15 is 0 Å². The van der Waals surface area contributed by atoms with E-state index in [-0.39, 0.29) is 28.9 Å². The standard InChI is InChI=1S/C14H21N3O3/c1-4-9(2)8-10(3)16-14(18)11-6-5-7-12(13(11)15)17(19)20/h5-7,9-10H,4,8,15H2,1-3H3,(H,16,18). The Morgan fingerprint density at radius 2 is 2.10 bits per heavy atom. The lowest BCUT2D eigenvalue weighted by molar-refractivity contribution is -0.383. The third-order valence-corrected chi connectivity index (χ3v) is 3.35. The molecule has 3 N–H and O–H groups in total. The molecular formula is C14H21N3O3. The first-order valence-corrected chi connectivity index (χ1v) is 6.70. The zero-order valence-electron chi connectivity index (χ0n) is 12.1.